The lowest BCUT2D eigenvalue weighted by Gasteiger charge is -2.05. The minimum absolute atomic E-state index is 0.365. The fourth-order valence-corrected chi connectivity index (χ4v) is 1.93. The van der Waals surface area contributed by atoms with Crippen LogP contribution in [0.1, 0.15) is 10.3 Å². The van der Waals surface area contributed by atoms with Gasteiger partial charge in [-0.2, -0.15) is 0 Å². The highest BCUT2D eigenvalue weighted by molar-refractivity contribution is 8.14. The van der Waals surface area contributed by atoms with Crippen LogP contribution in [0.2, 0.25) is 5.02 Å². The largest absolute Gasteiger partial charge is 0.253 e. The molecule has 0 aliphatic heterocycles. The van der Waals surface area contributed by atoms with E-state index in [0.717, 1.165) is 0 Å². The predicted molar refractivity (Wildman–Crippen MR) is 54.8 cm³/mol. The molecule has 1 atom stereocenters. The number of rotatable bonds is 2. The van der Waals surface area contributed by atoms with Gasteiger partial charge in [-0.15, -0.1) is 0 Å². The van der Waals surface area contributed by atoms with Crippen LogP contribution >= 0.6 is 33.9 Å². The molecule has 0 aromatic heterocycles. The molecule has 1 unspecified atom stereocenters. The number of hydrogen-bond donors (Lipinski definition) is 0. The molecule has 0 amide bonds. The number of halogens is 3. The van der Waals surface area contributed by atoms with Gasteiger partial charge in [-0.1, -0.05) is 35.3 Å². The van der Waals surface area contributed by atoms with E-state index in [1.54, 1.807) is 18.2 Å². The van der Waals surface area contributed by atoms with Crippen molar-refractivity contribution in [2.45, 2.75) is 4.71 Å². The van der Waals surface area contributed by atoms with Gasteiger partial charge >= 0.3 is 0 Å². The van der Waals surface area contributed by atoms with Crippen molar-refractivity contribution in [3.63, 3.8) is 0 Å². The molecule has 0 aliphatic carbocycles. The van der Waals surface area contributed by atoms with E-state index < -0.39 is 13.8 Å². The van der Waals surface area contributed by atoms with Crippen molar-refractivity contribution in [1.29, 1.82) is 0 Å². The monoisotopic (exact) mass is 258 g/mol. The molecule has 0 saturated carbocycles. The van der Waals surface area contributed by atoms with Gasteiger partial charge in [0, 0.05) is 15.7 Å². The highest BCUT2D eigenvalue weighted by Crippen LogP contribution is 2.30. The Bertz CT molecular complexity index is 402. The molecule has 0 bridgehead atoms. The quantitative estimate of drug-likeness (QED) is 0.604. The van der Waals surface area contributed by atoms with Crippen LogP contribution < -0.4 is 0 Å². The summed E-state index contributed by atoms with van der Waals surface area (Å²) >= 11 is 11.2. The molecule has 1 rings (SSSR count). The summed E-state index contributed by atoms with van der Waals surface area (Å²) in [4.78, 5) is 0. The van der Waals surface area contributed by atoms with E-state index >= 15 is 0 Å². The van der Waals surface area contributed by atoms with Crippen molar-refractivity contribution in [1.82, 2.24) is 0 Å². The molecule has 6 heteroatoms. The summed E-state index contributed by atoms with van der Waals surface area (Å²) in [5.74, 6) is 0. The first kappa shape index (κ1) is 11.1. The first-order valence-electron chi connectivity index (χ1n) is 3.24. The second-order valence-electron chi connectivity index (χ2n) is 2.35. The molecule has 13 heavy (non-hydrogen) atoms. The zero-order valence-electron chi connectivity index (χ0n) is 6.25. The van der Waals surface area contributed by atoms with Crippen LogP contribution in [0.25, 0.3) is 0 Å². The van der Waals surface area contributed by atoms with Gasteiger partial charge in [0.1, 0.15) is 0 Å². The first-order chi connectivity index (χ1) is 5.91. The van der Waals surface area contributed by atoms with E-state index in [1.165, 1.54) is 6.07 Å². The minimum Gasteiger partial charge on any atom is -0.210 e. The molecule has 1 aromatic carbocycles. The zero-order valence-corrected chi connectivity index (χ0v) is 9.33. The van der Waals surface area contributed by atoms with Crippen LogP contribution in [0, 0.1) is 0 Å². The topological polar surface area (TPSA) is 34.1 Å². The Kier molecular flexibility index (Phi) is 3.46. The standard InChI is InChI=1S/C7H5Cl3O2S/c8-6-3-1-2-5(4-6)7(9)13(10,11)12/h1-4,7H. The highest BCUT2D eigenvalue weighted by Gasteiger charge is 2.22. The third-order valence-corrected chi connectivity index (χ3v) is 4.12. The fourth-order valence-electron chi connectivity index (χ4n) is 0.810. The fraction of sp³-hybridized carbons (Fsp3) is 0.143. The lowest BCUT2D eigenvalue weighted by molar-refractivity contribution is 0.607. The van der Waals surface area contributed by atoms with Gasteiger partial charge in [0.25, 0.3) is 9.05 Å². The zero-order chi connectivity index (χ0) is 10.1. The average Bonchev–Trinajstić information content (AvgIpc) is 2.01. The molecular weight excluding hydrogens is 255 g/mol. The maximum atomic E-state index is 10.8. The molecule has 0 saturated heterocycles. The number of alkyl halides is 1. The molecular formula is C7H5Cl3O2S. The summed E-state index contributed by atoms with van der Waals surface area (Å²) in [6.45, 7) is 0. The van der Waals surface area contributed by atoms with Crippen LogP contribution in [0.3, 0.4) is 0 Å². The smallest absolute Gasteiger partial charge is 0.210 e. The first-order valence-corrected chi connectivity index (χ1v) is 6.43. The van der Waals surface area contributed by atoms with E-state index in [9.17, 15) is 8.42 Å². The van der Waals surface area contributed by atoms with E-state index in [4.69, 9.17) is 33.9 Å². The Hall–Kier alpha value is 0.0400. The predicted octanol–water partition coefficient (Wildman–Crippen LogP) is 3.15. The van der Waals surface area contributed by atoms with E-state index in [0.29, 0.717) is 10.6 Å². The van der Waals surface area contributed by atoms with Crippen LogP contribution in [-0.4, -0.2) is 8.42 Å². The Balaban J connectivity index is 3.10. The Morgan fingerprint density at radius 2 is 1.92 bits per heavy atom. The lowest BCUT2D eigenvalue weighted by Crippen LogP contribution is -1.99. The van der Waals surface area contributed by atoms with Gasteiger partial charge in [0.2, 0.25) is 0 Å². The van der Waals surface area contributed by atoms with Crippen LogP contribution in [0.4, 0.5) is 0 Å². The molecule has 72 valence electrons. The number of benzene rings is 1. The van der Waals surface area contributed by atoms with Crippen LogP contribution in [0.15, 0.2) is 24.3 Å². The molecule has 0 fully saturated rings. The minimum atomic E-state index is -3.79. The van der Waals surface area contributed by atoms with E-state index in [-0.39, 0.29) is 0 Å². The second-order valence-corrected chi connectivity index (χ2v) is 6.19. The van der Waals surface area contributed by atoms with Crippen molar-refractivity contribution < 1.29 is 8.42 Å². The summed E-state index contributed by atoms with van der Waals surface area (Å²) in [5.41, 5.74) is 0.365. The van der Waals surface area contributed by atoms with Crippen molar-refractivity contribution >= 4 is 42.9 Å². The van der Waals surface area contributed by atoms with Crippen molar-refractivity contribution in [3.8, 4) is 0 Å². The van der Waals surface area contributed by atoms with Crippen molar-refractivity contribution in [2.24, 2.45) is 0 Å². The third-order valence-electron chi connectivity index (χ3n) is 1.36. The molecule has 0 spiro atoms. The Morgan fingerprint density at radius 1 is 1.31 bits per heavy atom. The SMILES string of the molecule is O=S(=O)(Cl)C(Cl)c1cccc(Cl)c1. The normalized spacial score (nSPS) is 14.1. The van der Waals surface area contributed by atoms with Crippen molar-refractivity contribution in [2.75, 3.05) is 0 Å². The van der Waals surface area contributed by atoms with E-state index in [1.807, 2.05) is 0 Å². The van der Waals surface area contributed by atoms with Crippen molar-refractivity contribution in [3.05, 3.63) is 34.9 Å². The molecule has 0 heterocycles. The van der Waals surface area contributed by atoms with Gasteiger partial charge < -0.3 is 0 Å². The van der Waals surface area contributed by atoms with E-state index in [2.05, 4.69) is 0 Å². The summed E-state index contributed by atoms with van der Waals surface area (Å²) in [7, 11) is 1.27. The molecule has 2 nitrogen and oxygen atoms in total. The lowest BCUT2D eigenvalue weighted by atomic mass is 10.2. The Labute approximate surface area is 90.8 Å². The molecule has 1 aromatic rings. The summed E-state index contributed by atoms with van der Waals surface area (Å²) in [6.07, 6.45) is 0. The number of hydrogen-bond acceptors (Lipinski definition) is 2. The molecule has 0 N–H and O–H groups in total. The second kappa shape index (κ2) is 4.05. The Morgan fingerprint density at radius 3 is 2.38 bits per heavy atom. The third kappa shape index (κ3) is 3.02. The van der Waals surface area contributed by atoms with Gasteiger partial charge in [0.05, 0.1) is 0 Å². The summed E-state index contributed by atoms with van der Waals surface area (Å²) in [6, 6.07) is 6.23. The van der Waals surface area contributed by atoms with Gasteiger partial charge in [-0.3, -0.25) is 0 Å². The summed E-state index contributed by atoms with van der Waals surface area (Å²) < 4.78 is 20.4. The van der Waals surface area contributed by atoms with Crippen LogP contribution in [-0.2, 0) is 9.05 Å². The average molecular weight is 260 g/mol. The van der Waals surface area contributed by atoms with Crippen LogP contribution in [0.5, 0.6) is 0 Å². The highest BCUT2D eigenvalue weighted by atomic mass is 35.7. The van der Waals surface area contributed by atoms with Gasteiger partial charge in [-0.25, -0.2) is 8.42 Å². The molecule has 0 radical (unpaired) electrons. The molecule has 0 aliphatic rings. The van der Waals surface area contributed by atoms with Gasteiger partial charge in [-0.05, 0) is 17.7 Å². The maximum Gasteiger partial charge on any atom is 0.253 e. The van der Waals surface area contributed by atoms with Gasteiger partial charge in [0.15, 0.2) is 4.71 Å². The summed E-state index contributed by atoms with van der Waals surface area (Å²) in [5, 5.41) is 0.420. The maximum absolute atomic E-state index is 10.8.